The molecule has 0 amide bonds. The summed E-state index contributed by atoms with van der Waals surface area (Å²) in [5.74, 6) is 0.290. The highest BCUT2D eigenvalue weighted by Gasteiger charge is 2.24. The molecule has 0 spiro atoms. The quantitative estimate of drug-likeness (QED) is 0.861. The van der Waals surface area contributed by atoms with Crippen LogP contribution in [-0.2, 0) is 34.3 Å². The maximum atomic E-state index is 12.3. The molecule has 120 valence electrons. The smallest absolute Gasteiger partial charge is 0.246 e. The first-order chi connectivity index (χ1) is 10.5. The van der Waals surface area contributed by atoms with Crippen LogP contribution < -0.4 is 4.72 Å². The predicted octanol–water partition coefficient (Wildman–Crippen LogP) is 0.539. The zero-order valence-corrected chi connectivity index (χ0v) is 13.3. The number of fused-ring (bicyclic) bond motifs is 1. The number of rotatable bonds is 5. The molecule has 0 saturated heterocycles. The van der Waals surface area contributed by atoms with Crippen LogP contribution in [0.5, 0.6) is 0 Å². The van der Waals surface area contributed by atoms with Gasteiger partial charge in [0.2, 0.25) is 10.0 Å². The molecule has 0 bridgehead atoms. The van der Waals surface area contributed by atoms with E-state index in [9.17, 15) is 8.42 Å². The van der Waals surface area contributed by atoms with Gasteiger partial charge in [0.25, 0.3) is 0 Å². The maximum absolute atomic E-state index is 12.3. The number of hydrogen-bond donors (Lipinski definition) is 1. The molecule has 8 nitrogen and oxygen atoms in total. The Balaban J connectivity index is 1.67. The van der Waals surface area contributed by atoms with Crippen LogP contribution in [0.3, 0.4) is 0 Å². The number of aromatic nitrogens is 3. The van der Waals surface area contributed by atoms with Crippen molar-refractivity contribution in [2.75, 3.05) is 13.2 Å². The monoisotopic (exact) mass is 326 g/mol. The Bertz CT molecular complexity index is 759. The molecule has 9 heteroatoms. The van der Waals surface area contributed by atoms with Crippen molar-refractivity contribution in [3.63, 3.8) is 0 Å². The minimum absolute atomic E-state index is 0.114. The van der Waals surface area contributed by atoms with Crippen molar-refractivity contribution in [1.29, 1.82) is 0 Å². The standard InChI is InChI=1S/C13H18N4O4S/c1-9-13(10(2)21-16-9)22(18,19)15-4-5-17-12-3-6-20-8-11(12)7-14-17/h7,15H,3-6,8H2,1-2H3. The van der Waals surface area contributed by atoms with Crippen LogP contribution >= 0.6 is 0 Å². The van der Waals surface area contributed by atoms with Crippen molar-refractivity contribution in [2.45, 2.75) is 38.3 Å². The SMILES string of the molecule is Cc1noc(C)c1S(=O)(=O)NCCn1ncc2c1CCOC2. The van der Waals surface area contributed by atoms with E-state index >= 15 is 0 Å². The van der Waals surface area contributed by atoms with Gasteiger partial charge in [0.15, 0.2) is 5.76 Å². The van der Waals surface area contributed by atoms with E-state index in [2.05, 4.69) is 15.0 Å². The number of sulfonamides is 1. The Morgan fingerprint density at radius 3 is 2.95 bits per heavy atom. The minimum Gasteiger partial charge on any atom is -0.376 e. The molecular weight excluding hydrogens is 308 g/mol. The Labute approximate surface area is 128 Å². The minimum atomic E-state index is -3.62. The van der Waals surface area contributed by atoms with Crippen molar-refractivity contribution in [1.82, 2.24) is 19.7 Å². The zero-order valence-electron chi connectivity index (χ0n) is 12.5. The highest BCUT2D eigenvalue weighted by Crippen LogP contribution is 2.19. The van der Waals surface area contributed by atoms with E-state index in [0.29, 0.717) is 31.2 Å². The number of aryl methyl sites for hydroxylation is 2. The molecule has 3 rings (SSSR count). The Kier molecular flexibility index (Phi) is 4.02. The second-order valence-electron chi connectivity index (χ2n) is 5.19. The van der Waals surface area contributed by atoms with Crippen LogP contribution in [-0.4, -0.2) is 36.5 Å². The van der Waals surface area contributed by atoms with Crippen LogP contribution in [0.25, 0.3) is 0 Å². The molecule has 2 aromatic rings. The molecule has 1 aliphatic heterocycles. The van der Waals surface area contributed by atoms with Gasteiger partial charge in [-0.25, -0.2) is 13.1 Å². The molecule has 0 saturated carbocycles. The predicted molar refractivity (Wildman–Crippen MR) is 76.8 cm³/mol. The summed E-state index contributed by atoms with van der Waals surface area (Å²) in [4.78, 5) is 0.114. The Morgan fingerprint density at radius 1 is 1.41 bits per heavy atom. The molecule has 22 heavy (non-hydrogen) atoms. The highest BCUT2D eigenvalue weighted by atomic mass is 32.2. The molecule has 3 heterocycles. The first kappa shape index (κ1) is 15.2. The fourth-order valence-corrected chi connectivity index (χ4v) is 3.97. The lowest BCUT2D eigenvalue weighted by molar-refractivity contribution is 0.109. The van der Waals surface area contributed by atoms with Gasteiger partial charge in [0.1, 0.15) is 10.6 Å². The van der Waals surface area contributed by atoms with Gasteiger partial charge in [-0.2, -0.15) is 5.10 Å². The molecule has 1 aliphatic rings. The van der Waals surface area contributed by atoms with E-state index in [4.69, 9.17) is 9.26 Å². The van der Waals surface area contributed by atoms with Crippen LogP contribution in [0.1, 0.15) is 22.7 Å². The average Bonchev–Trinajstić information content (AvgIpc) is 3.03. The van der Waals surface area contributed by atoms with Gasteiger partial charge in [-0.3, -0.25) is 4.68 Å². The van der Waals surface area contributed by atoms with Crippen LogP contribution in [0, 0.1) is 13.8 Å². The van der Waals surface area contributed by atoms with Crippen LogP contribution in [0.4, 0.5) is 0 Å². The lowest BCUT2D eigenvalue weighted by Gasteiger charge is -2.14. The van der Waals surface area contributed by atoms with Crippen molar-refractivity contribution in [2.24, 2.45) is 0 Å². The van der Waals surface area contributed by atoms with Crippen molar-refractivity contribution in [3.8, 4) is 0 Å². The average molecular weight is 326 g/mol. The molecule has 0 atom stereocenters. The van der Waals surface area contributed by atoms with Crippen molar-refractivity contribution >= 4 is 10.0 Å². The molecule has 0 aromatic carbocycles. The van der Waals surface area contributed by atoms with E-state index in [1.54, 1.807) is 20.0 Å². The summed E-state index contributed by atoms with van der Waals surface area (Å²) < 4.78 is 39.2. The van der Waals surface area contributed by atoms with E-state index in [-0.39, 0.29) is 11.4 Å². The fraction of sp³-hybridized carbons (Fsp3) is 0.538. The van der Waals surface area contributed by atoms with Gasteiger partial charge in [0, 0.05) is 24.2 Å². The topological polar surface area (TPSA) is 99.2 Å². The number of nitrogens with one attached hydrogen (secondary N) is 1. The summed E-state index contributed by atoms with van der Waals surface area (Å²) in [5.41, 5.74) is 2.54. The third-order valence-electron chi connectivity index (χ3n) is 3.63. The summed E-state index contributed by atoms with van der Waals surface area (Å²) in [6.07, 6.45) is 2.57. The second-order valence-corrected chi connectivity index (χ2v) is 6.90. The van der Waals surface area contributed by atoms with Crippen molar-refractivity contribution in [3.05, 3.63) is 28.9 Å². The van der Waals surface area contributed by atoms with Crippen LogP contribution in [0.15, 0.2) is 15.6 Å². The number of ether oxygens (including phenoxy) is 1. The van der Waals surface area contributed by atoms with E-state index < -0.39 is 10.0 Å². The first-order valence-electron chi connectivity index (χ1n) is 7.03. The first-order valence-corrected chi connectivity index (χ1v) is 8.51. The summed E-state index contributed by atoms with van der Waals surface area (Å²) in [6.45, 7) is 5.15. The molecular formula is C13H18N4O4S. The lowest BCUT2D eigenvalue weighted by atomic mass is 10.2. The Hall–Kier alpha value is -1.71. The molecule has 1 N–H and O–H groups in total. The number of hydrogen-bond acceptors (Lipinski definition) is 6. The van der Waals surface area contributed by atoms with E-state index in [0.717, 1.165) is 17.7 Å². The van der Waals surface area contributed by atoms with Gasteiger partial charge in [-0.15, -0.1) is 0 Å². The van der Waals surface area contributed by atoms with E-state index in [1.807, 2.05) is 4.68 Å². The molecule has 0 unspecified atom stereocenters. The third-order valence-corrected chi connectivity index (χ3v) is 5.33. The summed E-state index contributed by atoms with van der Waals surface area (Å²) in [5, 5.41) is 7.96. The van der Waals surface area contributed by atoms with E-state index in [1.165, 1.54) is 0 Å². The van der Waals surface area contributed by atoms with Gasteiger partial charge in [-0.05, 0) is 13.8 Å². The number of nitrogens with zero attached hydrogens (tertiary/aromatic N) is 3. The highest BCUT2D eigenvalue weighted by molar-refractivity contribution is 7.89. The largest absolute Gasteiger partial charge is 0.376 e. The maximum Gasteiger partial charge on any atom is 0.246 e. The zero-order chi connectivity index (χ0) is 15.7. The third kappa shape index (κ3) is 2.79. The molecule has 0 fully saturated rings. The van der Waals surface area contributed by atoms with Gasteiger partial charge >= 0.3 is 0 Å². The summed E-state index contributed by atoms with van der Waals surface area (Å²) >= 11 is 0. The second kappa shape index (κ2) is 5.82. The molecule has 0 radical (unpaired) electrons. The molecule has 2 aromatic heterocycles. The fourth-order valence-electron chi connectivity index (χ4n) is 2.62. The lowest BCUT2D eigenvalue weighted by Crippen LogP contribution is -2.29. The normalized spacial score (nSPS) is 15.0. The van der Waals surface area contributed by atoms with Crippen molar-refractivity contribution < 1.29 is 17.7 Å². The molecule has 0 aliphatic carbocycles. The van der Waals surface area contributed by atoms with Gasteiger partial charge < -0.3 is 9.26 Å². The van der Waals surface area contributed by atoms with Crippen LogP contribution in [0.2, 0.25) is 0 Å². The summed E-state index contributed by atoms with van der Waals surface area (Å²) in [6, 6.07) is 0. The summed E-state index contributed by atoms with van der Waals surface area (Å²) in [7, 11) is -3.62. The van der Waals surface area contributed by atoms with Gasteiger partial charge in [0.05, 0.1) is 26.0 Å². The Morgan fingerprint density at radius 2 is 2.23 bits per heavy atom. The van der Waals surface area contributed by atoms with Gasteiger partial charge in [-0.1, -0.05) is 5.16 Å².